The maximum atomic E-state index is 13.6. The average Bonchev–Trinajstić information content (AvgIpc) is 2.78. The van der Waals surface area contributed by atoms with Crippen LogP contribution in [0.3, 0.4) is 0 Å². The zero-order valence-corrected chi connectivity index (χ0v) is 14.5. The highest BCUT2D eigenvalue weighted by atomic mass is 79.9. The molecule has 0 unspecified atom stereocenters. The fourth-order valence-corrected chi connectivity index (χ4v) is 4.90. The van der Waals surface area contributed by atoms with Gasteiger partial charge in [-0.3, -0.25) is 4.72 Å². The Morgan fingerprint density at radius 3 is 2.57 bits per heavy atom. The molecular weight excluding hydrogens is 381 g/mol. The number of thiophene rings is 1. The van der Waals surface area contributed by atoms with Gasteiger partial charge in [-0.15, -0.1) is 11.3 Å². The van der Waals surface area contributed by atoms with Crippen LogP contribution in [0, 0.1) is 19.7 Å². The molecule has 2 N–H and O–H groups in total. The molecule has 0 atom stereocenters. The summed E-state index contributed by atoms with van der Waals surface area (Å²) < 4.78 is 41.0. The van der Waals surface area contributed by atoms with Gasteiger partial charge in [-0.2, -0.15) is 0 Å². The van der Waals surface area contributed by atoms with Gasteiger partial charge in [0.2, 0.25) is 0 Å². The van der Waals surface area contributed by atoms with E-state index in [9.17, 15) is 12.8 Å². The van der Waals surface area contributed by atoms with E-state index in [0.717, 1.165) is 6.07 Å². The molecule has 0 spiro atoms. The van der Waals surface area contributed by atoms with Crippen LogP contribution in [0.4, 0.5) is 10.1 Å². The quantitative estimate of drug-likeness (QED) is 0.834. The molecule has 21 heavy (non-hydrogen) atoms. The molecule has 0 radical (unpaired) electrons. The second-order valence-corrected chi connectivity index (χ2v) is 8.32. The molecule has 2 rings (SSSR count). The van der Waals surface area contributed by atoms with Gasteiger partial charge < -0.3 is 5.11 Å². The molecule has 0 fully saturated rings. The van der Waals surface area contributed by atoms with Crippen LogP contribution in [0.2, 0.25) is 0 Å². The number of nitrogens with one attached hydrogen (secondary N) is 1. The third kappa shape index (κ3) is 3.45. The summed E-state index contributed by atoms with van der Waals surface area (Å²) in [5, 5.41) is 9.08. The minimum absolute atomic E-state index is 0.0966. The first-order chi connectivity index (χ1) is 9.74. The van der Waals surface area contributed by atoms with Crippen molar-refractivity contribution in [3.05, 3.63) is 43.8 Å². The second-order valence-electron chi connectivity index (χ2n) is 4.48. The monoisotopic (exact) mass is 393 g/mol. The van der Waals surface area contributed by atoms with E-state index >= 15 is 0 Å². The number of hydrogen-bond donors (Lipinski definition) is 2. The maximum absolute atomic E-state index is 13.6. The minimum Gasteiger partial charge on any atom is -0.391 e. The number of aliphatic hydroxyl groups excluding tert-OH is 1. The summed E-state index contributed by atoms with van der Waals surface area (Å²) in [5.41, 5.74) is 0.786. The molecular formula is C13H13BrFNO3S2. The van der Waals surface area contributed by atoms with Gasteiger partial charge in [0, 0.05) is 9.75 Å². The summed E-state index contributed by atoms with van der Waals surface area (Å²) in [7, 11) is -3.82. The van der Waals surface area contributed by atoms with Crippen molar-refractivity contribution in [2.45, 2.75) is 25.3 Å². The molecule has 1 heterocycles. The van der Waals surface area contributed by atoms with Crippen molar-refractivity contribution in [3.8, 4) is 0 Å². The molecule has 114 valence electrons. The number of rotatable bonds is 4. The Kier molecular flexibility index (Phi) is 4.72. The largest absolute Gasteiger partial charge is 0.391 e. The molecule has 0 saturated heterocycles. The minimum atomic E-state index is -3.82. The van der Waals surface area contributed by atoms with E-state index < -0.39 is 15.8 Å². The third-order valence-corrected chi connectivity index (χ3v) is 6.14. The van der Waals surface area contributed by atoms with Gasteiger partial charge in [-0.1, -0.05) is 0 Å². The Bertz CT molecular complexity index is 787. The number of hydrogen-bond acceptors (Lipinski definition) is 4. The van der Waals surface area contributed by atoms with Crippen LogP contribution >= 0.6 is 27.3 Å². The molecule has 4 nitrogen and oxygen atoms in total. The molecule has 0 bridgehead atoms. The van der Waals surface area contributed by atoms with E-state index in [4.69, 9.17) is 5.11 Å². The Hall–Kier alpha value is -0.960. The van der Waals surface area contributed by atoms with E-state index in [-0.39, 0.29) is 21.7 Å². The highest BCUT2D eigenvalue weighted by molar-refractivity contribution is 9.10. The lowest BCUT2D eigenvalue weighted by Gasteiger charge is -2.11. The molecule has 1 aromatic heterocycles. The van der Waals surface area contributed by atoms with E-state index in [0.29, 0.717) is 15.3 Å². The zero-order valence-electron chi connectivity index (χ0n) is 11.3. The molecule has 0 aliphatic heterocycles. The normalized spacial score (nSPS) is 11.7. The van der Waals surface area contributed by atoms with Gasteiger partial charge in [-0.05, 0) is 53.5 Å². The summed E-state index contributed by atoms with van der Waals surface area (Å²) in [6.45, 7) is 3.13. The van der Waals surface area contributed by atoms with Crippen molar-refractivity contribution in [1.82, 2.24) is 0 Å². The Morgan fingerprint density at radius 2 is 2.00 bits per heavy atom. The Labute approximate surface area is 134 Å². The van der Waals surface area contributed by atoms with Crippen LogP contribution in [-0.4, -0.2) is 13.5 Å². The van der Waals surface area contributed by atoms with Crippen LogP contribution in [0.5, 0.6) is 0 Å². The predicted molar refractivity (Wildman–Crippen MR) is 84.6 cm³/mol. The van der Waals surface area contributed by atoms with Crippen LogP contribution in [-0.2, 0) is 16.6 Å². The first-order valence-corrected chi connectivity index (χ1v) is 9.02. The smallest absolute Gasteiger partial charge is 0.263 e. The van der Waals surface area contributed by atoms with Gasteiger partial charge in [0.05, 0.1) is 16.8 Å². The molecule has 0 aliphatic rings. The van der Waals surface area contributed by atoms with Crippen molar-refractivity contribution in [1.29, 1.82) is 0 Å². The highest BCUT2D eigenvalue weighted by Crippen LogP contribution is 2.30. The van der Waals surface area contributed by atoms with E-state index in [1.807, 2.05) is 0 Å². The van der Waals surface area contributed by atoms with Gasteiger partial charge in [0.1, 0.15) is 10.7 Å². The molecule has 2 aromatic rings. The lowest BCUT2D eigenvalue weighted by Crippen LogP contribution is -2.14. The summed E-state index contributed by atoms with van der Waals surface area (Å²) in [6, 6.07) is 4.06. The zero-order chi connectivity index (χ0) is 15.8. The van der Waals surface area contributed by atoms with Crippen LogP contribution in [0.15, 0.2) is 27.6 Å². The third-order valence-electron chi connectivity index (χ3n) is 2.88. The van der Waals surface area contributed by atoms with Gasteiger partial charge in [-0.25, -0.2) is 12.8 Å². The lowest BCUT2D eigenvalue weighted by atomic mass is 10.2. The van der Waals surface area contributed by atoms with Crippen molar-refractivity contribution in [2.24, 2.45) is 0 Å². The fraction of sp³-hybridized carbons (Fsp3) is 0.231. The van der Waals surface area contributed by atoms with Gasteiger partial charge in [0.15, 0.2) is 0 Å². The second kappa shape index (κ2) is 6.04. The standard InChI is InChI=1S/C13H13BrFNO3S2/c1-7-3-10(14)11(15)5-12(7)16-21(18,19)13-4-9(6-17)20-8(13)2/h3-5,16-17H,6H2,1-2H3. The number of sulfonamides is 1. The number of aliphatic hydroxyl groups is 1. The summed E-state index contributed by atoms with van der Waals surface area (Å²) in [4.78, 5) is 1.23. The SMILES string of the molecule is Cc1cc(Br)c(F)cc1NS(=O)(=O)c1cc(CO)sc1C. The maximum Gasteiger partial charge on any atom is 0.263 e. The summed E-state index contributed by atoms with van der Waals surface area (Å²) in [6.07, 6.45) is 0. The average molecular weight is 394 g/mol. The lowest BCUT2D eigenvalue weighted by molar-refractivity contribution is 0.285. The first-order valence-electron chi connectivity index (χ1n) is 5.93. The Balaban J connectivity index is 2.42. The predicted octanol–water partition coefficient (Wildman–Crippen LogP) is 3.56. The molecule has 1 aromatic carbocycles. The number of anilines is 1. The summed E-state index contributed by atoms with van der Waals surface area (Å²) in [5.74, 6) is -0.545. The number of benzene rings is 1. The van der Waals surface area contributed by atoms with Gasteiger partial charge in [0.25, 0.3) is 10.0 Å². The molecule has 0 saturated carbocycles. The topological polar surface area (TPSA) is 66.4 Å². The van der Waals surface area contributed by atoms with Crippen molar-refractivity contribution >= 4 is 43.0 Å². The van der Waals surface area contributed by atoms with Crippen molar-refractivity contribution < 1.29 is 17.9 Å². The molecule has 0 aliphatic carbocycles. The van der Waals surface area contributed by atoms with Crippen LogP contribution < -0.4 is 4.72 Å². The van der Waals surface area contributed by atoms with E-state index in [1.54, 1.807) is 13.8 Å². The Morgan fingerprint density at radius 1 is 1.33 bits per heavy atom. The first kappa shape index (κ1) is 16.4. The number of aryl methyl sites for hydroxylation is 2. The van der Waals surface area contributed by atoms with Crippen molar-refractivity contribution in [3.63, 3.8) is 0 Å². The fourth-order valence-electron chi connectivity index (χ4n) is 1.82. The van der Waals surface area contributed by atoms with E-state index in [2.05, 4.69) is 20.7 Å². The highest BCUT2D eigenvalue weighted by Gasteiger charge is 2.21. The van der Waals surface area contributed by atoms with Crippen LogP contribution in [0.25, 0.3) is 0 Å². The van der Waals surface area contributed by atoms with E-state index in [1.165, 1.54) is 23.5 Å². The van der Waals surface area contributed by atoms with Crippen LogP contribution in [0.1, 0.15) is 15.3 Å². The molecule has 8 heteroatoms. The van der Waals surface area contributed by atoms with Crippen molar-refractivity contribution in [2.75, 3.05) is 4.72 Å². The summed E-state index contributed by atoms with van der Waals surface area (Å²) >= 11 is 4.26. The molecule has 0 amide bonds. The number of halogens is 2. The van der Waals surface area contributed by atoms with Gasteiger partial charge >= 0.3 is 0 Å².